The van der Waals surface area contributed by atoms with Crippen LogP contribution in [-0.2, 0) is 0 Å². The van der Waals surface area contributed by atoms with Crippen molar-refractivity contribution >= 4 is 15.9 Å². The summed E-state index contributed by atoms with van der Waals surface area (Å²) in [5.41, 5.74) is -0.483. The van der Waals surface area contributed by atoms with E-state index < -0.39 is 29.4 Å². The van der Waals surface area contributed by atoms with E-state index in [0.29, 0.717) is 12.8 Å². The highest BCUT2D eigenvalue weighted by atomic mass is 79.9. The molecular weight excluding hydrogens is 306 g/mol. The Labute approximate surface area is 114 Å². The van der Waals surface area contributed by atoms with E-state index in [1.807, 2.05) is 13.8 Å². The van der Waals surface area contributed by atoms with Crippen molar-refractivity contribution in [3.05, 3.63) is 33.8 Å². The molecule has 102 valence electrons. The van der Waals surface area contributed by atoms with Gasteiger partial charge in [-0.2, -0.15) is 0 Å². The number of hydrogen-bond donors (Lipinski definition) is 2. The van der Waals surface area contributed by atoms with Crippen molar-refractivity contribution in [3.8, 4) is 0 Å². The Balaban J connectivity index is 3.10. The van der Waals surface area contributed by atoms with Crippen LogP contribution >= 0.6 is 15.9 Å². The van der Waals surface area contributed by atoms with Crippen molar-refractivity contribution < 1.29 is 19.0 Å². The standard InChI is InChI=1S/C13H17BrF2O2/c1-3-7(4-2)12(17)13(18)10-9(15)6-5-8(14)11(10)16/h5-7,12-13,17-18H,3-4H2,1-2H3. The van der Waals surface area contributed by atoms with E-state index in [4.69, 9.17) is 0 Å². The number of hydrogen-bond acceptors (Lipinski definition) is 2. The largest absolute Gasteiger partial charge is 0.390 e. The lowest BCUT2D eigenvalue weighted by molar-refractivity contribution is -0.0244. The smallest absolute Gasteiger partial charge is 0.146 e. The first-order chi connectivity index (χ1) is 8.43. The summed E-state index contributed by atoms with van der Waals surface area (Å²) in [6, 6.07) is 2.29. The van der Waals surface area contributed by atoms with E-state index in [2.05, 4.69) is 15.9 Å². The number of aliphatic hydroxyl groups is 2. The lowest BCUT2D eigenvalue weighted by Gasteiger charge is -2.26. The summed E-state index contributed by atoms with van der Waals surface area (Å²) in [7, 11) is 0. The van der Waals surface area contributed by atoms with Crippen LogP contribution in [0.1, 0.15) is 38.4 Å². The van der Waals surface area contributed by atoms with Crippen molar-refractivity contribution in [2.24, 2.45) is 5.92 Å². The lowest BCUT2D eigenvalue weighted by atomic mass is 9.89. The Bertz CT molecular complexity index is 408. The zero-order chi connectivity index (χ0) is 13.9. The molecule has 2 N–H and O–H groups in total. The van der Waals surface area contributed by atoms with Crippen molar-refractivity contribution in [2.45, 2.75) is 38.9 Å². The Morgan fingerprint density at radius 3 is 2.22 bits per heavy atom. The minimum Gasteiger partial charge on any atom is -0.390 e. The van der Waals surface area contributed by atoms with Crippen LogP contribution < -0.4 is 0 Å². The molecule has 0 aliphatic carbocycles. The van der Waals surface area contributed by atoms with Crippen molar-refractivity contribution in [1.82, 2.24) is 0 Å². The molecular formula is C13H17BrF2O2. The third kappa shape index (κ3) is 3.08. The monoisotopic (exact) mass is 322 g/mol. The van der Waals surface area contributed by atoms with Gasteiger partial charge in [-0.05, 0) is 34.0 Å². The first kappa shape index (κ1) is 15.5. The molecule has 2 nitrogen and oxygen atoms in total. The van der Waals surface area contributed by atoms with E-state index in [0.717, 1.165) is 6.07 Å². The maximum atomic E-state index is 13.8. The van der Waals surface area contributed by atoms with Gasteiger partial charge in [0, 0.05) is 0 Å². The Morgan fingerprint density at radius 2 is 1.72 bits per heavy atom. The van der Waals surface area contributed by atoms with Gasteiger partial charge in [0.15, 0.2) is 0 Å². The van der Waals surface area contributed by atoms with E-state index in [1.165, 1.54) is 6.07 Å². The van der Waals surface area contributed by atoms with Crippen LogP contribution in [0.5, 0.6) is 0 Å². The summed E-state index contributed by atoms with van der Waals surface area (Å²) in [6.45, 7) is 3.72. The van der Waals surface area contributed by atoms with Crippen molar-refractivity contribution in [3.63, 3.8) is 0 Å². The van der Waals surface area contributed by atoms with Gasteiger partial charge < -0.3 is 10.2 Å². The zero-order valence-corrected chi connectivity index (χ0v) is 11.9. The molecule has 0 saturated heterocycles. The zero-order valence-electron chi connectivity index (χ0n) is 10.3. The van der Waals surface area contributed by atoms with Gasteiger partial charge in [-0.15, -0.1) is 0 Å². The van der Waals surface area contributed by atoms with Gasteiger partial charge in [-0.3, -0.25) is 0 Å². The van der Waals surface area contributed by atoms with Gasteiger partial charge in [0.2, 0.25) is 0 Å². The van der Waals surface area contributed by atoms with Gasteiger partial charge >= 0.3 is 0 Å². The molecule has 0 heterocycles. The fourth-order valence-corrected chi connectivity index (χ4v) is 2.36. The van der Waals surface area contributed by atoms with Crippen LogP contribution in [0.25, 0.3) is 0 Å². The molecule has 0 amide bonds. The second-order valence-corrected chi connectivity index (χ2v) is 5.12. The third-order valence-electron chi connectivity index (χ3n) is 3.23. The van der Waals surface area contributed by atoms with Crippen LogP contribution in [0, 0.1) is 17.6 Å². The first-order valence-electron chi connectivity index (χ1n) is 5.93. The molecule has 2 atom stereocenters. The van der Waals surface area contributed by atoms with Crippen LogP contribution in [0.2, 0.25) is 0 Å². The maximum Gasteiger partial charge on any atom is 0.146 e. The number of benzene rings is 1. The first-order valence-corrected chi connectivity index (χ1v) is 6.72. The predicted molar refractivity (Wildman–Crippen MR) is 69.1 cm³/mol. The summed E-state index contributed by atoms with van der Waals surface area (Å²) in [6.07, 6.45) is -1.48. The topological polar surface area (TPSA) is 40.5 Å². The molecule has 18 heavy (non-hydrogen) atoms. The molecule has 1 rings (SSSR count). The van der Waals surface area contributed by atoms with Crippen molar-refractivity contribution in [2.75, 3.05) is 0 Å². The number of aliphatic hydroxyl groups excluding tert-OH is 2. The maximum absolute atomic E-state index is 13.8. The minimum atomic E-state index is -1.56. The van der Waals surface area contributed by atoms with Gasteiger partial charge in [0.25, 0.3) is 0 Å². The summed E-state index contributed by atoms with van der Waals surface area (Å²) in [5, 5.41) is 19.9. The van der Waals surface area contributed by atoms with Crippen molar-refractivity contribution in [1.29, 1.82) is 0 Å². The van der Waals surface area contributed by atoms with Crippen LogP contribution in [0.15, 0.2) is 16.6 Å². The third-order valence-corrected chi connectivity index (χ3v) is 3.84. The molecule has 0 radical (unpaired) electrons. The average Bonchev–Trinajstić information content (AvgIpc) is 2.35. The van der Waals surface area contributed by atoms with E-state index in [9.17, 15) is 19.0 Å². The SMILES string of the molecule is CCC(CC)C(O)C(O)c1c(F)ccc(Br)c1F. The second-order valence-electron chi connectivity index (χ2n) is 4.27. The highest BCUT2D eigenvalue weighted by molar-refractivity contribution is 9.10. The van der Waals surface area contributed by atoms with E-state index >= 15 is 0 Å². The molecule has 0 spiro atoms. The highest BCUT2D eigenvalue weighted by Crippen LogP contribution is 2.32. The molecule has 1 aromatic carbocycles. The van der Waals surface area contributed by atoms with E-state index in [1.54, 1.807) is 0 Å². The molecule has 0 aliphatic heterocycles. The Hall–Kier alpha value is -0.520. The minimum absolute atomic E-state index is 0.0645. The van der Waals surface area contributed by atoms with Gasteiger partial charge in [0.05, 0.1) is 16.1 Å². The second kappa shape index (κ2) is 6.59. The fourth-order valence-electron chi connectivity index (χ4n) is 2.01. The molecule has 2 unspecified atom stereocenters. The normalized spacial score (nSPS) is 14.9. The number of halogens is 3. The van der Waals surface area contributed by atoms with E-state index in [-0.39, 0.29) is 10.4 Å². The highest BCUT2D eigenvalue weighted by Gasteiger charge is 2.30. The quantitative estimate of drug-likeness (QED) is 0.814. The number of rotatable bonds is 5. The molecule has 0 saturated carbocycles. The van der Waals surface area contributed by atoms with Gasteiger partial charge in [-0.25, -0.2) is 8.78 Å². The Kier molecular flexibility index (Phi) is 5.69. The summed E-state index contributed by atoms with van der Waals surface area (Å²) >= 11 is 2.93. The van der Waals surface area contributed by atoms with Gasteiger partial charge in [-0.1, -0.05) is 26.7 Å². The molecule has 0 bridgehead atoms. The van der Waals surface area contributed by atoms with Crippen LogP contribution in [0.3, 0.4) is 0 Å². The fraction of sp³-hybridized carbons (Fsp3) is 0.538. The summed E-state index contributed by atoms with van der Waals surface area (Å²) in [4.78, 5) is 0. The predicted octanol–water partition coefficient (Wildman–Crippen LogP) is 3.56. The lowest BCUT2D eigenvalue weighted by Crippen LogP contribution is -2.28. The average molecular weight is 323 g/mol. The Morgan fingerprint density at radius 1 is 1.17 bits per heavy atom. The summed E-state index contributed by atoms with van der Waals surface area (Å²) in [5.74, 6) is -1.92. The molecule has 0 aromatic heterocycles. The van der Waals surface area contributed by atoms with Crippen LogP contribution in [-0.4, -0.2) is 16.3 Å². The molecule has 5 heteroatoms. The van der Waals surface area contributed by atoms with Crippen LogP contribution in [0.4, 0.5) is 8.78 Å². The molecule has 0 aliphatic rings. The van der Waals surface area contributed by atoms with Gasteiger partial charge in [0.1, 0.15) is 17.7 Å². The molecule has 0 fully saturated rings. The summed E-state index contributed by atoms with van der Waals surface area (Å²) < 4.78 is 27.4. The molecule has 1 aromatic rings.